The van der Waals surface area contributed by atoms with Crippen LogP contribution in [0, 0.1) is 6.92 Å². The Balaban J connectivity index is 1.30. The molecule has 3 rings (SSSR count). The molecule has 0 unspecified atom stereocenters. The summed E-state index contributed by atoms with van der Waals surface area (Å²) in [5.41, 5.74) is 3.41. The fraction of sp³-hybridized carbons (Fsp3) is 0.621. The first-order valence-corrected chi connectivity index (χ1v) is 14.2. The second-order valence-electron chi connectivity index (χ2n) is 10.1. The second kappa shape index (κ2) is 16.9. The minimum absolute atomic E-state index is 0.119. The summed E-state index contributed by atoms with van der Waals surface area (Å²) in [5, 5.41) is 16.9. The van der Waals surface area contributed by atoms with Crippen molar-refractivity contribution in [3.63, 3.8) is 0 Å². The van der Waals surface area contributed by atoms with Crippen LogP contribution in [-0.4, -0.2) is 48.1 Å². The van der Waals surface area contributed by atoms with Gasteiger partial charge in [0, 0.05) is 50.4 Å². The summed E-state index contributed by atoms with van der Waals surface area (Å²) in [6.07, 6.45) is 10.4. The van der Waals surface area contributed by atoms with Crippen LogP contribution in [0.3, 0.4) is 0 Å². The van der Waals surface area contributed by atoms with Crippen molar-refractivity contribution in [2.24, 2.45) is 0 Å². The van der Waals surface area contributed by atoms with Crippen molar-refractivity contribution >= 4 is 17.7 Å². The number of nitrogens with zero attached hydrogens (tertiary/aromatic N) is 2. The van der Waals surface area contributed by atoms with Crippen LogP contribution in [0.25, 0.3) is 0 Å². The maximum Gasteiger partial charge on any atom is 0.225 e. The van der Waals surface area contributed by atoms with Crippen molar-refractivity contribution in [1.82, 2.24) is 25.9 Å². The van der Waals surface area contributed by atoms with Gasteiger partial charge in [-0.25, -0.2) is 4.98 Å². The highest BCUT2D eigenvalue weighted by atomic mass is 16.1. The van der Waals surface area contributed by atoms with Crippen molar-refractivity contribution in [3.8, 4) is 0 Å². The Morgan fingerprint density at radius 2 is 1.62 bits per heavy atom. The molecule has 0 atom stereocenters. The van der Waals surface area contributed by atoms with Gasteiger partial charge in [0.2, 0.25) is 11.9 Å². The molecule has 5 N–H and O–H groups in total. The standard InChI is InChI=1S/C29H47N7O/c1-3-9-28(37)33-19-8-18-32-27-20-23(2)35-29(36-27)34-22-25-14-12-24(13-15-25)21-30-16-7-17-31-26-10-5-4-6-11-26/h12-15,20,26,30-31H,3-11,16-19,21-22H2,1-2H3,(H,33,37)(H2,32,34,35,36). The van der Waals surface area contributed by atoms with Gasteiger partial charge in [0.05, 0.1) is 0 Å². The van der Waals surface area contributed by atoms with E-state index in [0.29, 0.717) is 25.5 Å². The van der Waals surface area contributed by atoms with Crippen LogP contribution in [-0.2, 0) is 17.9 Å². The molecular formula is C29H47N7O. The van der Waals surface area contributed by atoms with Crippen molar-refractivity contribution in [2.45, 2.75) is 90.8 Å². The van der Waals surface area contributed by atoms with Crippen molar-refractivity contribution in [1.29, 1.82) is 0 Å². The highest BCUT2D eigenvalue weighted by molar-refractivity contribution is 5.75. The average molecular weight is 510 g/mol. The maximum absolute atomic E-state index is 11.5. The van der Waals surface area contributed by atoms with E-state index in [1.165, 1.54) is 49.7 Å². The lowest BCUT2D eigenvalue weighted by molar-refractivity contribution is -0.121. The Kier molecular flexibility index (Phi) is 13.2. The molecule has 0 spiro atoms. The van der Waals surface area contributed by atoms with E-state index in [9.17, 15) is 4.79 Å². The first-order valence-electron chi connectivity index (χ1n) is 14.2. The van der Waals surface area contributed by atoms with Crippen LogP contribution in [0.2, 0.25) is 0 Å². The highest BCUT2D eigenvalue weighted by Gasteiger charge is 2.11. The maximum atomic E-state index is 11.5. The molecule has 0 aliphatic heterocycles. The Bertz CT molecular complexity index is 913. The highest BCUT2D eigenvalue weighted by Crippen LogP contribution is 2.17. The van der Waals surface area contributed by atoms with E-state index in [1.54, 1.807) is 0 Å². The number of aryl methyl sites for hydroxylation is 1. The zero-order chi connectivity index (χ0) is 26.1. The Hall–Kier alpha value is -2.71. The number of hydrogen-bond acceptors (Lipinski definition) is 7. The molecule has 1 saturated carbocycles. The molecule has 8 heteroatoms. The number of anilines is 2. The van der Waals surface area contributed by atoms with Gasteiger partial charge in [0.25, 0.3) is 0 Å². The van der Waals surface area contributed by atoms with Gasteiger partial charge >= 0.3 is 0 Å². The van der Waals surface area contributed by atoms with Crippen LogP contribution in [0.15, 0.2) is 30.3 Å². The SMILES string of the molecule is CCCC(=O)NCCCNc1cc(C)nc(NCc2ccc(CNCCCNC3CCCCC3)cc2)n1. The largest absolute Gasteiger partial charge is 0.370 e. The zero-order valence-corrected chi connectivity index (χ0v) is 22.9. The smallest absolute Gasteiger partial charge is 0.225 e. The van der Waals surface area contributed by atoms with Gasteiger partial charge in [0.15, 0.2) is 0 Å². The minimum atomic E-state index is 0.119. The van der Waals surface area contributed by atoms with E-state index in [4.69, 9.17) is 0 Å². The number of aromatic nitrogens is 2. The molecule has 2 aromatic rings. The fourth-order valence-electron chi connectivity index (χ4n) is 4.60. The number of carbonyl (C=O) groups excluding carboxylic acids is 1. The quantitative estimate of drug-likeness (QED) is 0.200. The van der Waals surface area contributed by atoms with Gasteiger partial charge < -0.3 is 26.6 Å². The Morgan fingerprint density at radius 3 is 2.38 bits per heavy atom. The summed E-state index contributed by atoms with van der Waals surface area (Å²) in [7, 11) is 0. The van der Waals surface area contributed by atoms with Gasteiger partial charge in [-0.1, -0.05) is 50.5 Å². The van der Waals surface area contributed by atoms with Crippen LogP contribution in [0.4, 0.5) is 11.8 Å². The summed E-state index contributed by atoms with van der Waals surface area (Å²) in [6, 6.07) is 11.4. The Morgan fingerprint density at radius 1 is 0.892 bits per heavy atom. The summed E-state index contributed by atoms with van der Waals surface area (Å²) in [5.74, 6) is 1.53. The molecule has 0 saturated heterocycles. The van der Waals surface area contributed by atoms with Crippen molar-refractivity contribution < 1.29 is 4.79 Å². The zero-order valence-electron chi connectivity index (χ0n) is 22.9. The van der Waals surface area contributed by atoms with Gasteiger partial charge in [-0.15, -0.1) is 0 Å². The summed E-state index contributed by atoms with van der Waals surface area (Å²) < 4.78 is 0. The fourth-order valence-corrected chi connectivity index (χ4v) is 4.60. The number of hydrogen-bond donors (Lipinski definition) is 5. The average Bonchev–Trinajstić information content (AvgIpc) is 2.90. The van der Waals surface area contributed by atoms with Crippen molar-refractivity contribution in [3.05, 3.63) is 47.2 Å². The van der Waals surface area contributed by atoms with Gasteiger partial charge in [-0.2, -0.15) is 4.98 Å². The predicted octanol–water partition coefficient (Wildman–Crippen LogP) is 4.52. The van der Waals surface area contributed by atoms with Crippen LogP contribution in [0.1, 0.15) is 81.5 Å². The van der Waals surface area contributed by atoms with E-state index in [-0.39, 0.29) is 5.91 Å². The molecule has 1 amide bonds. The summed E-state index contributed by atoms with van der Waals surface area (Å²) >= 11 is 0. The lowest BCUT2D eigenvalue weighted by atomic mass is 9.95. The number of rotatable bonds is 17. The monoisotopic (exact) mass is 509 g/mol. The first-order chi connectivity index (χ1) is 18.1. The number of carbonyl (C=O) groups is 1. The van der Waals surface area contributed by atoms with Crippen LogP contribution >= 0.6 is 0 Å². The van der Waals surface area contributed by atoms with Crippen LogP contribution in [0.5, 0.6) is 0 Å². The molecule has 0 bridgehead atoms. The van der Waals surface area contributed by atoms with E-state index in [1.807, 2.05) is 19.9 Å². The minimum Gasteiger partial charge on any atom is -0.370 e. The lowest BCUT2D eigenvalue weighted by Crippen LogP contribution is -2.33. The normalized spacial score (nSPS) is 13.9. The lowest BCUT2D eigenvalue weighted by Gasteiger charge is -2.22. The molecule has 0 radical (unpaired) electrons. The van der Waals surface area contributed by atoms with Gasteiger partial charge in [0.1, 0.15) is 5.82 Å². The number of benzene rings is 1. The number of nitrogens with one attached hydrogen (secondary N) is 5. The third kappa shape index (κ3) is 11.9. The molecular weight excluding hydrogens is 462 g/mol. The molecule has 1 aliphatic rings. The van der Waals surface area contributed by atoms with Crippen LogP contribution < -0.4 is 26.6 Å². The molecule has 37 heavy (non-hydrogen) atoms. The van der Waals surface area contributed by atoms with Gasteiger partial charge in [-0.3, -0.25) is 4.79 Å². The van der Waals surface area contributed by atoms with E-state index < -0.39 is 0 Å². The first kappa shape index (κ1) is 28.9. The molecule has 204 valence electrons. The molecule has 1 aliphatic carbocycles. The van der Waals surface area contributed by atoms with E-state index >= 15 is 0 Å². The van der Waals surface area contributed by atoms with E-state index in [0.717, 1.165) is 56.6 Å². The third-order valence-corrected chi connectivity index (χ3v) is 6.68. The Labute approximate surface area is 223 Å². The molecule has 8 nitrogen and oxygen atoms in total. The molecule has 1 aromatic carbocycles. The predicted molar refractivity (Wildman–Crippen MR) is 153 cm³/mol. The molecule has 1 aromatic heterocycles. The summed E-state index contributed by atoms with van der Waals surface area (Å²) in [6.45, 7) is 9.11. The van der Waals surface area contributed by atoms with Gasteiger partial charge in [-0.05, 0) is 63.2 Å². The second-order valence-corrected chi connectivity index (χ2v) is 10.1. The topological polar surface area (TPSA) is 103 Å². The molecule has 1 fully saturated rings. The van der Waals surface area contributed by atoms with Crippen molar-refractivity contribution in [2.75, 3.05) is 36.8 Å². The third-order valence-electron chi connectivity index (χ3n) is 6.68. The summed E-state index contributed by atoms with van der Waals surface area (Å²) in [4.78, 5) is 20.6. The number of amides is 1. The van der Waals surface area contributed by atoms with E-state index in [2.05, 4.69) is 60.8 Å². The molecule has 1 heterocycles.